The molecule has 5 rings (SSSR count). The fourth-order valence-electron chi connectivity index (χ4n) is 4.72. The normalized spacial score (nSPS) is 14.4. The van der Waals surface area contributed by atoms with Gasteiger partial charge >= 0.3 is 0 Å². The van der Waals surface area contributed by atoms with Gasteiger partial charge in [0.05, 0.1) is 38.4 Å². The first-order valence-corrected chi connectivity index (χ1v) is 14.8. The van der Waals surface area contributed by atoms with Crippen molar-refractivity contribution < 1.29 is 26.8 Å². The Balaban J connectivity index is 1.46. The quantitative estimate of drug-likeness (QED) is 0.333. The number of sulfone groups is 1. The summed E-state index contributed by atoms with van der Waals surface area (Å²) in [6, 6.07) is 11.3. The number of piperazine rings is 1. The molecule has 2 amide bonds. The third-order valence-electron chi connectivity index (χ3n) is 7.09. The number of benzene rings is 3. The van der Waals surface area contributed by atoms with E-state index in [1.807, 2.05) is 7.05 Å². The number of anilines is 2. The van der Waals surface area contributed by atoms with Gasteiger partial charge in [-0.25, -0.2) is 22.6 Å². The number of aromatic nitrogens is 2. The Morgan fingerprint density at radius 2 is 1.62 bits per heavy atom. The Labute approximate surface area is 241 Å². The van der Waals surface area contributed by atoms with Gasteiger partial charge in [-0.05, 0) is 49.5 Å². The van der Waals surface area contributed by atoms with Crippen LogP contribution in [0.2, 0.25) is 0 Å². The van der Waals surface area contributed by atoms with Gasteiger partial charge in [0.1, 0.15) is 11.6 Å². The van der Waals surface area contributed by atoms with E-state index in [2.05, 4.69) is 25.6 Å². The van der Waals surface area contributed by atoms with Crippen molar-refractivity contribution in [2.24, 2.45) is 5.92 Å². The summed E-state index contributed by atoms with van der Waals surface area (Å²) in [5.74, 6) is -2.93. The molecule has 0 bridgehead atoms. The van der Waals surface area contributed by atoms with Crippen LogP contribution < -0.4 is 15.6 Å². The van der Waals surface area contributed by atoms with Crippen molar-refractivity contribution in [3.05, 3.63) is 78.0 Å². The largest absolute Gasteiger partial charge is 0.367 e. The summed E-state index contributed by atoms with van der Waals surface area (Å²) in [5, 5.41) is 7.53. The van der Waals surface area contributed by atoms with E-state index in [0.29, 0.717) is 47.0 Å². The Kier molecular flexibility index (Phi) is 7.97. The van der Waals surface area contributed by atoms with Crippen molar-refractivity contribution in [2.45, 2.75) is 23.6 Å². The summed E-state index contributed by atoms with van der Waals surface area (Å²) in [6.07, 6.45) is 1.38. The van der Waals surface area contributed by atoms with E-state index in [0.717, 1.165) is 25.2 Å². The van der Waals surface area contributed by atoms with Gasteiger partial charge in [-0.1, -0.05) is 19.9 Å². The van der Waals surface area contributed by atoms with E-state index in [-0.39, 0.29) is 16.7 Å². The minimum absolute atomic E-state index is 0.173. The Bertz CT molecular complexity index is 1760. The highest BCUT2D eigenvalue weighted by Gasteiger charge is 2.26. The third-order valence-corrected chi connectivity index (χ3v) is 8.82. The van der Waals surface area contributed by atoms with Crippen molar-refractivity contribution in [2.75, 3.05) is 48.9 Å². The van der Waals surface area contributed by atoms with Crippen LogP contribution in [0.1, 0.15) is 24.2 Å². The monoisotopic (exact) mass is 596 g/mol. The zero-order valence-corrected chi connectivity index (χ0v) is 24.1. The van der Waals surface area contributed by atoms with Crippen molar-refractivity contribution in [1.82, 2.24) is 14.8 Å². The summed E-state index contributed by atoms with van der Waals surface area (Å²) in [4.78, 5) is 31.0. The molecule has 1 aromatic heterocycles. The molecule has 0 saturated carbocycles. The molecule has 1 saturated heterocycles. The van der Waals surface area contributed by atoms with Crippen molar-refractivity contribution in [3.8, 4) is 0 Å². The number of rotatable bonds is 7. The van der Waals surface area contributed by atoms with Gasteiger partial charge in [0, 0.05) is 43.5 Å². The van der Waals surface area contributed by atoms with E-state index < -0.39 is 32.3 Å². The lowest BCUT2D eigenvalue weighted by molar-refractivity contribution is -0.118. The molecule has 1 aliphatic heterocycles. The van der Waals surface area contributed by atoms with E-state index in [9.17, 15) is 26.8 Å². The van der Waals surface area contributed by atoms with E-state index >= 15 is 0 Å². The second-order valence-corrected chi connectivity index (χ2v) is 12.4. The van der Waals surface area contributed by atoms with Gasteiger partial charge in [-0.2, -0.15) is 9.89 Å². The Morgan fingerprint density at radius 3 is 2.29 bits per heavy atom. The van der Waals surface area contributed by atoms with Gasteiger partial charge in [0.15, 0.2) is 0 Å². The molecule has 42 heavy (non-hydrogen) atoms. The summed E-state index contributed by atoms with van der Waals surface area (Å²) in [7, 11) is -2.20. The predicted octanol–water partition coefficient (Wildman–Crippen LogP) is 3.88. The van der Waals surface area contributed by atoms with Crippen LogP contribution in [0.5, 0.6) is 0 Å². The molecule has 2 N–H and O–H groups in total. The lowest BCUT2D eigenvalue weighted by atomic mass is 10.1. The van der Waals surface area contributed by atoms with Crippen LogP contribution in [0.4, 0.5) is 20.2 Å². The molecule has 0 spiro atoms. The molecule has 1 fully saturated rings. The third kappa shape index (κ3) is 5.83. The fraction of sp³-hybridized carbons (Fsp3) is 0.276. The van der Waals surface area contributed by atoms with Crippen LogP contribution >= 0.6 is 0 Å². The predicted molar refractivity (Wildman–Crippen MR) is 155 cm³/mol. The lowest BCUT2D eigenvalue weighted by Gasteiger charge is -2.36. The van der Waals surface area contributed by atoms with Crippen LogP contribution in [-0.4, -0.2) is 68.2 Å². The first kappa shape index (κ1) is 29.1. The van der Waals surface area contributed by atoms with E-state index in [1.165, 1.54) is 29.2 Å². The van der Waals surface area contributed by atoms with E-state index in [4.69, 9.17) is 0 Å². The molecule has 10 nitrogen and oxygen atoms in total. The van der Waals surface area contributed by atoms with Crippen LogP contribution in [0.15, 0.2) is 70.6 Å². The summed E-state index contributed by atoms with van der Waals surface area (Å²) >= 11 is 0. The molecule has 13 heteroatoms. The van der Waals surface area contributed by atoms with Crippen LogP contribution in [0.3, 0.4) is 0 Å². The Hall–Kier alpha value is -4.36. The minimum Gasteiger partial charge on any atom is -0.367 e. The van der Waals surface area contributed by atoms with Crippen LogP contribution in [0.25, 0.3) is 10.9 Å². The van der Waals surface area contributed by atoms with Gasteiger partial charge in [-0.15, -0.1) is 0 Å². The average Bonchev–Trinajstić information content (AvgIpc) is 3.34. The maximum absolute atomic E-state index is 13.7. The van der Waals surface area contributed by atoms with Crippen molar-refractivity contribution in [1.29, 1.82) is 0 Å². The molecule has 2 heterocycles. The number of carbonyl (C=O) groups excluding carboxylic acids is 2. The highest BCUT2D eigenvalue weighted by atomic mass is 32.2. The van der Waals surface area contributed by atoms with Gasteiger partial charge < -0.3 is 15.1 Å². The highest BCUT2D eigenvalue weighted by Crippen LogP contribution is 2.32. The number of para-hydroxylation sites is 1. The van der Waals surface area contributed by atoms with Gasteiger partial charge in [0.2, 0.25) is 15.7 Å². The Morgan fingerprint density at radius 1 is 0.929 bits per heavy atom. The smallest absolute Gasteiger partial charge is 0.273 e. The zero-order valence-electron chi connectivity index (χ0n) is 23.3. The number of carbonyl (C=O) groups is 2. The first-order chi connectivity index (χ1) is 19.9. The number of fused-ring (bicyclic) bond motifs is 1. The molecule has 0 unspecified atom stereocenters. The van der Waals surface area contributed by atoms with Crippen molar-refractivity contribution in [3.63, 3.8) is 0 Å². The molecule has 0 radical (unpaired) electrons. The molecule has 220 valence electrons. The number of hydrogen-bond acceptors (Lipinski definition) is 7. The SMILES string of the molecule is CC(C)C(=O)Nc1cccc(C(=O)Nn2ncc3cc(S(=O)(=O)c4cc(F)cc(F)c4)ccc32)c1N1CCN(C)CC1. The van der Waals surface area contributed by atoms with Gasteiger partial charge in [-0.3, -0.25) is 9.59 Å². The molecule has 0 atom stereocenters. The molecule has 4 aromatic rings. The molecular weight excluding hydrogens is 566 g/mol. The number of halogens is 2. The number of amides is 2. The van der Waals surface area contributed by atoms with Crippen LogP contribution in [0, 0.1) is 17.6 Å². The molecule has 0 aliphatic carbocycles. The second-order valence-electron chi connectivity index (χ2n) is 10.5. The number of nitrogens with one attached hydrogen (secondary N) is 2. The maximum atomic E-state index is 13.7. The molecular formula is C29H30F2N6O4S. The number of hydrogen-bond donors (Lipinski definition) is 2. The number of likely N-dealkylation sites (N-methyl/N-ethyl adjacent to an activating group) is 1. The highest BCUT2D eigenvalue weighted by molar-refractivity contribution is 7.91. The maximum Gasteiger partial charge on any atom is 0.273 e. The summed E-state index contributed by atoms with van der Waals surface area (Å²) in [6.45, 7) is 6.45. The fourth-order valence-corrected chi connectivity index (χ4v) is 6.06. The van der Waals surface area contributed by atoms with Gasteiger partial charge in [0.25, 0.3) is 5.91 Å². The topological polar surface area (TPSA) is 117 Å². The minimum atomic E-state index is -4.22. The first-order valence-electron chi connectivity index (χ1n) is 13.3. The van der Waals surface area contributed by atoms with Crippen molar-refractivity contribution >= 4 is 43.9 Å². The summed E-state index contributed by atoms with van der Waals surface area (Å²) in [5.41, 5.74) is 4.61. The number of nitrogens with zero attached hydrogens (tertiary/aromatic N) is 4. The van der Waals surface area contributed by atoms with E-state index in [1.54, 1.807) is 32.0 Å². The standard InChI is InChI=1S/C29H30F2N6O4S/c1-18(2)28(38)33-25-6-4-5-24(27(25)36-11-9-35(3)10-12-36)29(39)34-37-26-8-7-22(13-19(26)17-32-37)42(40,41)23-15-20(30)14-21(31)16-23/h4-8,13-18H,9-12H2,1-3H3,(H,33,38)(H,34,39). The summed E-state index contributed by atoms with van der Waals surface area (Å²) < 4.78 is 53.5. The van der Waals surface area contributed by atoms with Crippen LogP contribution in [-0.2, 0) is 14.6 Å². The molecule has 3 aromatic carbocycles. The zero-order chi connectivity index (χ0) is 30.2. The lowest BCUT2D eigenvalue weighted by Crippen LogP contribution is -2.45. The average molecular weight is 597 g/mol. The molecule has 1 aliphatic rings. The second kappa shape index (κ2) is 11.5.